The summed E-state index contributed by atoms with van der Waals surface area (Å²) in [6, 6.07) is 20.2. The number of rotatable bonds is 12. The Bertz CT molecular complexity index is 1550. The molecule has 206 valence electrons. The number of aromatic nitrogens is 1. The average Bonchev–Trinajstić information content (AvgIpc) is 3.48. The lowest BCUT2D eigenvalue weighted by atomic mass is 10.1. The summed E-state index contributed by atoms with van der Waals surface area (Å²) in [5, 5.41) is 5.77. The summed E-state index contributed by atoms with van der Waals surface area (Å²) in [4.78, 5) is 11.9. The summed E-state index contributed by atoms with van der Waals surface area (Å²) in [6.07, 6.45) is 6.22. The van der Waals surface area contributed by atoms with Crippen molar-refractivity contribution in [2.75, 3.05) is 41.5 Å². The maximum atomic E-state index is 6.18. The Morgan fingerprint density at radius 2 is 1.73 bits per heavy atom. The minimum atomic E-state index is -0.284. The number of H-pyrrole nitrogens is 1. The molecule has 0 bridgehead atoms. The molecule has 1 aromatic heterocycles. The van der Waals surface area contributed by atoms with Crippen LogP contribution in [-0.2, 0) is 4.84 Å². The zero-order valence-electron chi connectivity index (χ0n) is 23.4. The number of aromatic amines is 1. The van der Waals surface area contributed by atoms with Crippen LogP contribution in [0, 0.1) is 0 Å². The Kier molecular flexibility index (Phi) is 8.22. The van der Waals surface area contributed by atoms with Crippen LogP contribution >= 0.6 is 0 Å². The van der Waals surface area contributed by atoms with Crippen molar-refractivity contribution in [3.63, 3.8) is 0 Å². The predicted octanol–water partition coefficient (Wildman–Crippen LogP) is 6.53. The van der Waals surface area contributed by atoms with E-state index in [1.54, 1.807) is 14.2 Å². The molecular formula is C33H35N3O4. The number of methoxy groups -OCH3 is 2. The van der Waals surface area contributed by atoms with Crippen molar-refractivity contribution in [1.82, 2.24) is 9.88 Å². The molecule has 1 unspecified atom stereocenters. The van der Waals surface area contributed by atoms with Gasteiger partial charge in [0.25, 0.3) is 0 Å². The Morgan fingerprint density at radius 1 is 0.975 bits per heavy atom. The normalized spacial score (nSPS) is 14.0. The van der Waals surface area contributed by atoms with Crippen LogP contribution in [0.5, 0.6) is 17.2 Å². The van der Waals surface area contributed by atoms with Gasteiger partial charge >= 0.3 is 0 Å². The van der Waals surface area contributed by atoms with Crippen molar-refractivity contribution < 1.29 is 19.0 Å². The summed E-state index contributed by atoms with van der Waals surface area (Å²) >= 11 is 0. The number of benzene rings is 3. The topological polar surface area (TPSA) is 68.3 Å². The lowest BCUT2D eigenvalue weighted by Crippen LogP contribution is -2.19. The van der Waals surface area contributed by atoms with Gasteiger partial charge in [-0.1, -0.05) is 47.6 Å². The van der Waals surface area contributed by atoms with E-state index in [9.17, 15) is 0 Å². The fourth-order valence-corrected chi connectivity index (χ4v) is 4.79. The molecule has 0 saturated carbocycles. The van der Waals surface area contributed by atoms with Gasteiger partial charge < -0.3 is 28.9 Å². The molecule has 1 heterocycles. The number of hydrogen-bond donors (Lipinski definition) is 1. The summed E-state index contributed by atoms with van der Waals surface area (Å²) in [5.74, 6) is 2.08. The maximum absolute atomic E-state index is 6.18. The molecule has 0 saturated heterocycles. The first-order valence-electron chi connectivity index (χ1n) is 13.3. The van der Waals surface area contributed by atoms with Crippen LogP contribution in [0.4, 0.5) is 0 Å². The first-order chi connectivity index (χ1) is 19.5. The van der Waals surface area contributed by atoms with Crippen LogP contribution < -0.4 is 14.2 Å². The molecule has 7 heteroatoms. The molecule has 40 heavy (non-hydrogen) atoms. The molecule has 3 aromatic carbocycles. The standard InChI is InChI=1S/C33H35N3O4/c1-6-10-23(14-13-22-11-8-7-9-12-22)40-35-33-26-21-30(38-5)29(37-4)20-25(26)32-31(33)27-19-24(15-16-28(27)34-32)39-18-17-36(2)3/h6-9,11-16,19-21,23,34H,1,10,17-18H2,2-5H3/b14-13+,35-33-. The quantitative estimate of drug-likeness (QED) is 0.145. The maximum Gasteiger partial charge on any atom is 0.161 e. The number of nitrogens with one attached hydrogen (secondary N) is 1. The molecule has 1 aliphatic rings. The fourth-order valence-electron chi connectivity index (χ4n) is 4.79. The van der Waals surface area contributed by atoms with Gasteiger partial charge in [-0.2, -0.15) is 0 Å². The highest BCUT2D eigenvalue weighted by Crippen LogP contribution is 2.46. The van der Waals surface area contributed by atoms with E-state index in [-0.39, 0.29) is 6.10 Å². The van der Waals surface area contributed by atoms with Crippen molar-refractivity contribution in [2.45, 2.75) is 12.5 Å². The summed E-state index contributed by atoms with van der Waals surface area (Å²) in [6.45, 7) is 5.34. The number of nitrogens with zero attached hydrogens (tertiary/aromatic N) is 2. The van der Waals surface area contributed by atoms with Gasteiger partial charge in [-0.15, -0.1) is 6.58 Å². The van der Waals surface area contributed by atoms with Crippen LogP contribution in [0.3, 0.4) is 0 Å². The minimum absolute atomic E-state index is 0.284. The minimum Gasteiger partial charge on any atom is -0.493 e. The van der Waals surface area contributed by atoms with E-state index >= 15 is 0 Å². The second kappa shape index (κ2) is 12.1. The SMILES string of the molecule is C=CCC(/C=C/c1ccccc1)O/N=C1/c2cc(OC)c(OC)cc2-c2[nH]c3ccc(OCCN(C)C)cc3c21. The first kappa shape index (κ1) is 27.1. The van der Waals surface area contributed by atoms with Crippen molar-refractivity contribution in [2.24, 2.45) is 5.16 Å². The third kappa shape index (κ3) is 5.60. The zero-order chi connectivity index (χ0) is 28.1. The van der Waals surface area contributed by atoms with E-state index in [0.29, 0.717) is 24.5 Å². The van der Waals surface area contributed by atoms with E-state index in [0.717, 1.165) is 56.9 Å². The van der Waals surface area contributed by atoms with Gasteiger partial charge in [-0.25, -0.2) is 0 Å². The van der Waals surface area contributed by atoms with Gasteiger partial charge in [-0.3, -0.25) is 0 Å². The fraction of sp³-hybridized carbons (Fsp3) is 0.242. The van der Waals surface area contributed by atoms with Gasteiger partial charge in [0.1, 0.15) is 24.2 Å². The van der Waals surface area contributed by atoms with E-state index < -0.39 is 0 Å². The molecule has 5 rings (SSSR count). The van der Waals surface area contributed by atoms with E-state index in [1.165, 1.54) is 0 Å². The largest absolute Gasteiger partial charge is 0.493 e. The van der Waals surface area contributed by atoms with Crippen LogP contribution in [0.15, 0.2) is 84.6 Å². The molecular weight excluding hydrogens is 502 g/mol. The Balaban J connectivity index is 1.57. The van der Waals surface area contributed by atoms with E-state index in [4.69, 9.17) is 24.2 Å². The lowest BCUT2D eigenvalue weighted by molar-refractivity contribution is 0.0957. The van der Waals surface area contributed by atoms with Crippen molar-refractivity contribution in [3.05, 3.63) is 96.1 Å². The van der Waals surface area contributed by atoms with Gasteiger partial charge in [0.15, 0.2) is 11.5 Å². The second-order valence-electron chi connectivity index (χ2n) is 9.86. The van der Waals surface area contributed by atoms with Crippen molar-refractivity contribution >= 4 is 22.7 Å². The molecule has 0 spiro atoms. The highest BCUT2D eigenvalue weighted by molar-refractivity contribution is 6.30. The van der Waals surface area contributed by atoms with Crippen LogP contribution in [0.1, 0.15) is 23.1 Å². The monoisotopic (exact) mass is 537 g/mol. The number of oxime groups is 1. The smallest absolute Gasteiger partial charge is 0.161 e. The number of fused-ring (bicyclic) bond motifs is 5. The molecule has 1 aliphatic carbocycles. The van der Waals surface area contributed by atoms with Crippen LogP contribution in [0.25, 0.3) is 28.2 Å². The Labute approximate surface area is 235 Å². The van der Waals surface area contributed by atoms with Crippen LogP contribution in [0.2, 0.25) is 0 Å². The number of likely N-dealkylation sites (N-methyl/N-ethyl adjacent to an activating group) is 1. The molecule has 1 N–H and O–H groups in total. The lowest BCUT2D eigenvalue weighted by Gasteiger charge is -2.13. The molecule has 0 amide bonds. The highest BCUT2D eigenvalue weighted by atomic mass is 16.6. The van der Waals surface area contributed by atoms with Gasteiger partial charge in [-0.05, 0) is 56.1 Å². The number of hydrogen-bond acceptors (Lipinski definition) is 6. The van der Waals surface area contributed by atoms with Gasteiger partial charge in [0.2, 0.25) is 0 Å². The molecule has 7 nitrogen and oxygen atoms in total. The van der Waals surface area contributed by atoms with Gasteiger partial charge in [0, 0.05) is 40.6 Å². The molecule has 0 fully saturated rings. The second-order valence-corrected chi connectivity index (χ2v) is 9.86. The summed E-state index contributed by atoms with van der Waals surface area (Å²) < 4.78 is 17.3. The van der Waals surface area contributed by atoms with E-state index in [2.05, 4.69) is 34.7 Å². The Morgan fingerprint density at radius 3 is 2.42 bits per heavy atom. The molecule has 0 radical (unpaired) electrons. The summed E-state index contributed by atoms with van der Waals surface area (Å²) in [7, 11) is 7.33. The van der Waals surface area contributed by atoms with Crippen molar-refractivity contribution in [3.8, 4) is 28.5 Å². The summed E-state index contributed by atoms with van der Waals surface area (Å²) in [5.41, 5.74) is 6.61. The van der Waals surface area contributed by atoms with Gasteiger partial charge in [0.05, 0.1) is 19.9 Å². The molecule has 0 aliphatic heterocycles. The number of ether oxygens (including phenoxy) is 3. The van der Waals surface area contributed by atoms with E-state index in [1.807, 2.05) is 74.8 Å². The Hall–Kier alpha value is -4.49. The molecule has 1 atom stereocenters. The third-order valence-electron chi connectivity index (χ3n) is 6.84. The first-order valence-corrected chi connectivity index (χ1v) is 13.3. The third-order valence-corrected chi connectivity index (χ3v) is 6.84. The highest BCUT2D eigenvalue weighted by Gasteiger charge is 2.32. The zero-order valence-corrected chi connectivity index (χ0v) is 23.4. The average molecular weight is 538 g/mol. The van der Waals surface area contributed by atoms with Crippen molar-refractivity contribution in [1.29, 1.82) is 0 Å². The van der Waals surface area contributed by atoms with Crippen LogP contribution in [-0.4, -0.2) is 63.2 Å². The molecule has 4 aromatic rings. The predicted molar refractivity (Wildman–Crippen MR) is 162 cm³/mol.